The van der Waals surface area contributed by atoms with Crippen molar-refractivity contribution in [1.82, 2.24) is 20.3 Å². The number of nitrogen functional groups attached to an aromatic ring is 1. The molecule has 6 nitrogen and oxygen atoms in total. The van der Waals surface area contributed by atoms with E-state index < -0.39 is 0 Å². The normalized spacial score (nSPS) is 11.0. The third kappa shape index (κ3) is 1.97. The number of pyridine rings is 1. The first-order valence-corrected chi connectivity index (χ1v) is 5.92. The summed E-state index contributed by atoms with van der Waals surface area (Å²) in [7, 11) is 0. The molecule has 0 aliphatic rings. The van der Waals surface area contributed by atoms with E-state index in [-0.39, 0.29) is 5.91 Å². The summed E-state index contributed by atoms with van der Waals surface area (Å²) in [4.78, 5) is 22.8. The highest BCUT2D eigenvalue weighted by Crippen LogP contribution is 2.25. The van der Waals surface area contributed by atoms with Crippen molar-refractivity contribution in [2.75, 3.05) is 5.73 Å². The second-order valence-corrected chi connectivity index (χ2v) is 4.33. The molecule has 0 aliphatic carbocycles. The lowest BCUT2D eigenvalue weighted by atomic mass is 10.2. The van der Waals surface area contributed by atoms with Crippen molar-refractivity contribution in [3.8, 4) is 0 Å². The fourth-order valence-corrected chi connectivity index (χ4v) is 2.06. The molecule has 2 heterocycles. The summed E-state index contributed by atoms with van der Waals surface area (Å²) in [5.41, 5.74) is 8.22. The fourth-order valence-electron chi connectivity index (χ4n) is 2.06. The maximum Gasteiger partial charge on any atom is 0.217 e. The number of aromatic nitrogens is 3. The van der Waals surface area contributed by atoms with Crippen molar-refractivity contribution >= 4 is 33.7 Å². The Labute approximate surface area is 109 Å². The van der Waals surface area contributed by atoms with Gasteiger partial charge in [0, 0.05) is 12.3 Å². The zero-order chi connectivity index (χ0) is 13.4. The molecule has 3 aromatic rings. The lowest BCUT2D eigenvalue weighted by Gasteiger charge is -2.00. The number of anilines is 1. The molecule has 6 heteroatoms. The average Bonchev–Trinajstić information content (AvgIpc) is 2.81. The number of benzene rings is 1. The van der Waals surface area contributed by atoms with Crippen molar-refractivity contribution in [3.63, 3.8) is 0 Å². The molecule has 3 rings (SSSR count). The predicted octanol–water partition coefficient (Wildman–Crippen LogP) is 1.33. The van der Waals surface area contributed by atoms with Crippen molar-refractivity contribution in [3.05, 3.63) is 30.1 Å². The molecule has 0 atom stereocenters. The van der Waals surface area contributed by atoms with Crippen molar-refractivity contribution < 1.29 is 4.79 Å². The minimum atomic E-state index is -0.101. The first-order valence-electron chi connectivity index (χ1n) is 5.92. The van der Waals surface area contributed by atoms with Gasteiger partial charge in [-0.2, -0.15) is 0 Å². The summed E-state index contributed by atoms with van der Waals surface area (Å²) in [6, 6.07) is 7.72. The number of para-hydroxylation sites is 1. The topological polar surface area (TPSA) is 96.7 Å². The zero-order valence-electron chi connectivity index (χ0n) is 10.4. The standard InChI is InChI=1S/C13H13N5O/c1-7(19)15-6-10-17-11-8-4-2-3-5-9(8)16-13(14)12(11)18-10/h2-5H,6H2,1H3,(H2,14,16)(H,15,19)(H,17,18). The maximum absolute atomic E-state index is 10.9. The number of imidazole rings is 1. The van der Waals surface area contributed by atoms with E-state index in [0.29, 0.717) is 23.7 Å². The number of hydrogen-bond donors (Lipinski definition) is 3. The van der Waals surface area contributed by atoms with Crippen LogP contribution in [-0.2, 0) is 11.3 Å². The number of aromatic amines is 1. The Morgan fingerprint density at radius 3 is 2.95 bits per heavy atom. The van der Waals surface area contributed by atoms with Crippen molar-refractivity contribution in [2.24, 2.45) is 0 Å². The van der Waals surface area contributed by atoms with Crippen LogP contribution < -0.4 is 11.1 Å². The van der Waals surface area contributed by atoms with Gasteiger partial charge in [0.25, 0.3) is 0 Å². The van der Waals surface area contributed by atoms with Gasteiger partial charge in [-0.1, -0.05) is 18.2 Å². The highest BCUT2D eigenvalue weighted by atomic mass is 16.1. The van der Waals surface area contributed by atoms with Crippen LogP contribution in [0.4, 0.5) is 5.82 Å². The smallest absolute Gasteiger partial charge is 0.217 e. The molecule has 1 amide bonds. The molecule has 4 N–H and O–H groups in total. The van der Waals surface area contributed by atoms with Gasteiger partial charge in [0.1, 0.15) is 11.3 Å². The van der Waals surface area contributed by atoms with E-state index >= 15 is 0 Å². The van der Waals surface area contributed by atoms with Crippen LogP contribution in [0, 0.1) is 0 Å². The van der Waals surface area contributed by atoms with E-state index in [1.54, 1.807) is 0 Å². The molecule has 0 bridgehead atoms. The van der Waals surface area contributed by atoms with E-state index in [4.69, 9.17) is 5.73 Å². The zero-order valence-corrected chi connectivity index (χ0v) is 10.4. The van der Waals surface area contributed by atoms with Gasteiger partial charge in [-0.25, -0.2) is 9.97 Å². The molecule has 1 aromatic carbocycles. The van der Waals surface area contributed by atoms with Crippen LogP contribution in [0.2, 0.25) is 0 Å². The summed E-state index contributed by atoms with van der Waals surface area (Å²) in [5, 5.41) is 3.66. The van der Waals surface area contributed by atoms with Gasteiger partial charge < -0.3 is 16.0 Å². The van der Waals surface area contributed by atoms with Gasteiger partial charge in [0.05, 0.1) is 17.6 Å². The third-order valence-electron chi connectivity index (χ3n) is 2.91. The maximum atomic E-state index is 10.9. The number of nitrogens with zero attached hydrogens (tertiary/aromatic N) is 2. The third-order valence-corrected chi connectivity index (χ3v) is 2.91. The minimum Gasteiger partial charge on any atom is -0.382 e. The Hall–Kier alpha value is -2.63. The number of H-pyrrole nitrogens is 1. The summed E-state index contributed by atoms with van der Waals surface area (Å²) in [6.07, 6.45) is 0. The highest BCUT2D eigenvalue weighted by molar-refractivity contribution is 6.06. The number of nitrogens with two attached hydrogens (primary N) is 1. The molecule has 0 aliphatic heterocycles. The van der Waals surface area contributed by atoms with Crippen LogP contribution in [0.3, 0.4) is 0 Å². The number of amides is 1. The van der Waals surface area contributed by atoms with Crippen LogP contribution >= 0.6 is 0 Å². The number of carbonyl (C=O) groups excluding carboxylic acids is 1. The van der Waals surface area contributed by atoms with Crippen LogP contribution in [0.1, 0.15) is 12.7 Å². The largest absolute Gasteiger partial charge is 0.382 e. The lowest BCUT2D eigenvalue weighted by molar-refractivity contribution is -0.119. The van der Waals surface area contributed by atoms with Crippen LogP contribution in [-0.4, -0.2) is 20.9 Å². The quantitative estimate of drug-likeness (QED) is 0.643. The van der Waals surface area contributed by atoms with E-state index in [1.807, 2.05) is 24.3 Å². The number of carbonyl (C=O) groups is 1. The highest BCUT2D eigenvalue weighted by Gasteiger charge is 2.11. The molecule has 0 spiro atoms. The molecular weight excluding hydrogens is 242 g/mol. The Kier molecular flexibility index (Phi) is 2.56. The molecule has 96 valence electrons. The van der Waals surface area contributed by atoms with Crippen LogP contribution in [0.5, 0.6) is 0 Å². The number of nitrogens with one attached hydrogen (secondary N) is 2. The Morgan fingerprint density at radius 1 is 1.37 bits per heavy atom. The van der Waals surface area contributed by atoms with Crippen LogP contribution in [0.15, 0.2) is 24.3 Å². The van der Waals surface area contributed by atoms with Gasteiger partial charge in [0.2, 0.25) is 5.91 Å². The van der Waals surface area contributed by atoms with Crippen molar-refractivity contribution in [1.29, 1.82) is 0 Å². The second-order valence-electron chi connectivity index (χ2n) is 4.33. The Bertz CT molecular complexity index is 777. The molecule has 0 saturated heterocycles. The van der Waals surface area contributed by atoms with Crippen LogP contribution in [0.25, 0.3) is 21.9 Å². The number of hydrogen-bond acceptors (Lipinski definition) is 4. The predicted molar refractivity (Wildman–Crippen MR) is 73.3 cm³/mol. The van der Waals surface area contributed by atoms with Crippen molar-refractivity contribution in [2.45, 2.75) is 13.5 Å². The average molecular weight is 255 g/mol. The van der Waals surface area contributed by atoms with Gasteiger partial charge in [-0.3, -0.25) is 4.79 Å². The summed E-state index contributed by atoms with van der Waals surface area (Å²) < 4.78 is 0. The first kappa shape index (κ1) is 11.5. The fraction of sp³-hybridized carbons (Fsp3) is 0.154. The summed E-state index contributed by atoms with van der Waals surface area (Å²) >= 11 is 0. The Morgan fingerprint density at radius 2 is 2.16 bits per heavy atom. The molecule has 0 saturated carbocycles. The number of fused-ring (bicyclic) bond motifs is 3. The molecular formula is C13H13N5O. The van der Waals surface area contributed by atoms with Gasteiger partial charge in [-0.15, -0.1) is 0 Å². The molecule has 0 fully saturated rings. The second kappa shape index (κ2) is 4.24. The minimum absolute atomic E-state index is 0.101. The monoisotopic (exact) mass is 255 g/mol. The first-order chi connectivity index (χ1) is 9.15. The van der Waals surface area contributed by atoms with Gasteiger partial charge >= 0.3 is 0 Å². The van der Waals surface area contributed by atoms with Gasteiger partial charge in [-0.05, 0) is 6.07 Å². The van der Waals surface area contributed by atoms with E-state index in [1.165, 1.54) is 6.92 Å². The molecule has 2 aromatic heterocycles. The summed E-state index contributed by atoms with van der Waals surface area (Å²) in [6.45, 7) is 1.81. The van der Waals surface area contributed by atoms with Gasteiger partial charge in [0.15, 0.2) is 5.82 Å². The SMILES string of the molecule is CC(=O)NCc1nc2c(N)nc3ccccc3c2[nH]1. The lowest BCUT2D eigenvalue weighted by Crippen LogP contribution is -2.19. The number of rotatable bonds is 2. The molecule has 0 unspecified atom stereocenters. The summed E-state index contributed by atoms with van der Waals surface area (Å²) in [5.74, 6) is 0.950. The molecule has 0 radical (unpaired) electrons. The molecule has 19 heavy (non-hydrogen) atoms. The van der Waals surface area contributed by atoms with E-state index in [2.05, 4.69) is 20.3 Å². The van der Waals surface area contributed by atoms with E-state index in [0.717, 1.165) is 16.4 Å². The Balaban J connectivity index is 2.18. The van der Waals surface area contributed by atoms with E-state index in [9.17, 15) is 4.79 Å².